The van der Waals surface area contributed by atoms with E-state index in [0.29, 0.717) is 19.1 Å². The highest BCUT2D eigenvalue weighted by Gasteiger charge is 2.21. The lowest BCUT2D eigenvalue weighted by atomic mass is 10.1. The van der Waals surface area contributed by atoms with E-state index in [2.05, 4.69) is 28.8 Å². The molecular formula is C18H26F2N2O3. The second kappa shape index (κ2) is 9.68. The topological polar surface area (TPSA) is 50.8 Å². The van der Waals surface area contributed by atoms with Crippen LogP contribution in [0.1, 0.15) is 19.4 Å². The fourth-order valence-corrected chi connectivity index (χ4v) is 2.85. The molecule has 1 fully saturated rings. The number of amides is 1. The molecule has 0 radical (unpaired) electrons. The van der Waals surface area contributed by atoms with Crippen molar-refractivity contribution in [2.24, 2.45) is 5.92 Å². The highest BCUT2D eigenvalue weighted by Crippen LogP contribution is 2.15. The van der Waals surface area contributed by atoms with Crippen molar-refractivity contribution in [3.63, 3.8) is 0 Å². The predicted molar refractivity (Wildman–Crippen MR) is 90.8 cm³/mol. The third kappa shape index (κ3) is 7.36. The molecule has 2 rings (SSSR count). The minimum Gasteiger partial charge on any atom is -0.435 e. The lowest BCUT2D eigenvalue weighted by molar-refractivity contribution is -0.121. The quantitative estimate of drug-likeness (QED) is 0.777. The number of alkyl halides is 2. The smallest absolute Gasteiger partial charge is 0.387 e. The van der Waals surface area contributed by atoms with Gasteiger partial charge in [0.25, 0.3) is 0 Å². The molecule has 1 unspecified atom stereocenters. The van der Waals surface area contributed by atoms with E-state index in [4.69, 9.17) is 4.74 Å². The van der Waals surface area contributed by atoms with Gasteiger partial charge < -0.3 is 14.8 Å². The maximum atomic E-state index is 12.1. The Morgan fingerprint density at radius 1 is 1.36 bits per heavy atom. The summed E-state index contributed by atoms with van der Waals surface area (Å²) in [6.45, 7) is 5.45. The number of hydrogen-bond donors (Lipinski definition) is 1. The maximum absolute atomic E-state index is 12.1. The number of nitrogens with one attached hydrogen (secondary N) is 1. The third-order valence-corrected chi connectivity index (χ3v) is 3.89. The van der Waals surface area contributed by atoms with Gasteiger partial charge in [0.1, 0.15) is 5.75 Å². The largest absolute Gasteiger partial charge is 0.435 e. The van der Waals surface area contributed by atoms with Gasteiger partial charge in [-0.05, 0) is 23.6 Å². The Kier molecular flexibility index (Phi) is 7.58. The standard InChI is InChI=1S/C18H26F2N2O3/c1-13(2)11-22-7-8-24-16(12-22)10-21-17(23)9-14-3-5-15(6-4-14)25-18(19)20/h3-6,13,16,18H,7-12H2,1-2H3,(H,21,23). The molecule has 1 amide bonds. The van der Waals surface area contributed by atoms with Crippen LogP contribution in [0.5, 0.6) is 5.75 Å². The molecule has 1 heterocycles. The SMILES string of the molecule is CC(C)CN1CCOC(CNC(=O)Cc2ccc(OC(F)F)cc2)C1. The summed E-state index contributed by atoms with van der Waals surface area (Å²) < 4.78 is 34.2. The second-order valence-corrected chi connectivity index (χ2v) is 6.65. The van der Waals surface area contributed by atoms with Gasteiger partial charge in [-0.2, -0.15) is 8.78 Å². The summed E-state index contributed by atoms with van der Waals surface area (Å²) in [7, 11) is 0. The first-order valence-corrected chi connectivity index (χ1v) is 8.56. The zero-order valence-corrected chi connectivity index (χ0v) is 14.7. The lowest BCUT2D eigenvalue weighted by Gasteiger charge is -2.33. The Morgan fingerprint density at radius 3 is 2.72 bits per heavy atom. The van der Waals surface area contributed by atoms with Crippen LogP contribution >= 0.6 is 0 Å². The zero-order valence-electron chi connectivity index (χ0n) is 14.7. The number of hydrogen-bond acceptors (Lipinski definition) is 4. The summed E-state index contributed by atoms with van der Waals surface area (Å²) in [5.41, 5.74) is 0.741. The Hall–Kier alpha value is -1.73. The average molecular weight is 356 g/mol. The van der Waals surface area contributed by atoms with Crippen LogP contribution in [0.4, 0.5) is 8.78 Å². The molecule has 1 saturated heterocycles. The van der Waals surface area contributed by atoms with Crippen LogP contribution < -0.4 is 10.1 Å². The number of carbonyl (C=O) groups excluding carboxylic acids is 1. The molecular weight excluding hydrogens is 330 g/mol. The van der Waals surface area contributed by atoms with E-state index < -0.39 is 6.61 Å². The number of halogens is 2. The summed E-state index contributed by atoms with van der Waals surface area (Å²) in [4.78, 5) is 14.4. The van der Waals surface area contributed by atoms with Gasteiger partial charge in [-0.15, -0.1) is 0 Å². The Bertz CT molecular complexity index is 538. The minimum atomic E-state index is -2.85. The highest BCUT2D eigenvalue weighted by molar-refractivity contribution is 5.78. The molecule has 0 aromatic heterocycles. The first-order valence-electron chi connectivity index (χ1n) is 8.56. The number of carbonyl (C=O) groups is 1. The van der Waals surface area contributed by atoms with Crippen molar-refractivity contribution in [3.05, 3.63) is 29.8 Å². The maximum Gasteiger partial charge on any atom is 0.387 e. The van der Waals surface area contributed by atoms with E-state index in [0.717, 1.165) is 25.2 Å². The lowest BCUT2D eigenvalue weighted by Crippen LogP contribution is -2.48. The molecule has 0 saturated carbocycles. The van der Waals surface area contributed by atoms with Crippen molar-refractivity contribution in [1.82, 2.24) is 10.2 Å². The van der Waals surface area contributed by atoms with Crippen molar-refractivity contribution in [2.45, 2.75) is 33.0 Å². The Labute approximate surface area is 147 Å². The monoisotopic (exact) mass is 356 g/mol. The van der Waals surface area contributed by atoms with Gasteiger partial charge in [0.2, 0.25) is 5.91 Å². The molecule has 0 aliphatic carbocycles. The zero-order chi connectivity index (χ0) is 18.2. The third-order valence-electron chi connectivity index (χ3n) is 3.89. The molecule has 0 spiro atoms. The average Bonchev–Trinajstić information content (AvgIpc) is 2.54. The second-order valence-electron chi connectivity index (χ2n) is 6.65. The van der Waals surface area contributed by atoms with Gasteiger partial charge in [-0.25, -0.2) is 0 Å². The van der Waals surface area contributed by atoms with E-state index in [9.17, 15) is 13.6 Å². The van der Waals surface area contributed by atoms with E-state index in [-0.39, 0.29) is 24.2 Å². The van der Waals surface area contributed by atoms with E-state index >= 15 is 0 Å². The number of benzene rings is 1. The Morgan fingerprint density at radius 2 is 2.08 bits per heavy atom. The Balaban J connectivity index is 1.73. The molecule has 1 aromatic carbocycles. The molecule has 1 atom stereocenters. The van der Waals surface area contributed by atoms with Gasteiger partial charge >= 0.3 is 6.61 Å². The summed E-state index contributed by atoms with van der Waals surface area (Å²) in [5.74, 6) is 0.567. The van der Waals surface area contributed by atoms with Crippen LogP contribution in [0, 0.1) is 5.92 Å². The molecule has 1 aliphatic heterocycles. The molecule has 25 heavy (non-hydrogen) atoms. The number of rotatable bonds is 8. The molecule has 7 heteroatoms. The summed E-state index contributed by atoms with van der Waals surface area (Å²) in [5, 5.41) is 2.88. The van der Waals surface area contributed by atoms with E-state index in [1.165, 1.54) is 12.1 Å². The van der Waals surface area contributed by atoms with Crippen LogP contribution in [0.3, 0.4) is 0 Å². The van der Waals surface area contributed by atoms with Gasteiger partial charge in [-0.1, -0.05) is 26.0 Å². The first-order chi connectivity index (χ1) is 11.9. The fraction of sp³-hybridized carbons (Fsp3) is 0.611. The fourth-order valence-electron chi connectivity index (χ4n) is 2.85. The minimum absolute atomic E-state index is 0.00160. The van der Waals surface area contributed by atoms with E-state index in [1.54, 1.807) is 12.1 Å². The number of nitrogens with zero attached hydrogens (tertiary/aromatic N) is 1. The van der Waals surface area contributed by atoms with Crippen molar-refractivity contribution in [3.8, 4) is 5.75 Å². The van der Waals surface area contributed by atoms with Crippen LogP contribution in [0.2, 0.25) is 0 Å². The van der Waals surface area contributed by atoms with Crippen LogP contribution in [-0.2, 0) is 16.0 Å². The van der Waals surface area contributed by atoms with Crippen molar-refractivity contribution < 1.29 is 23.0 Å². The molecule has 1 aromatic rings. The predicted octanol–water partition coefficient (Wildman–Crippen LogP) is 2.30. The molecule has 140 valence electrons. The van der Waals surface area contributed by atoms with Crippen LogP contribution in [0.25, 0.3) is 0 Å². The van der Waals surface area contributed by atoms with E-state index in [1.807, 2.05) is 0 Å². The van der Waals surface area contributed by atoms with Crippen molar-refractivity contribution in [2.75, 3.05) is 32.8 Å². The summed E-state index contributed by atoms with van der Waals surface area (Å²) >= 11 is 0. The highest BCUT2D eigenvalue weighted by atomic mass is 19.3. The number of ether oxygens (including phenoxy) is 2. The van der Waals surface area contributed by atoms with Gasteiger partial charge in [-0.3, -0.25) is 9.69 Å². The van der Waals surface area contributed by atoms with Gasteiger partial charge in [0, 0.05) is 26.2 Å². The number of morpholine rings is 1. The molecule has 5 nitrogen and oxygen atoms in total. The van der Waals surface area contributed by atoms with Gasteiger partial charge in [0.15, 0.2) is 0 Å². The first kappa shape index (κ1) is 19.6. The van der Waals surface area contributed by atoms with Crippen LogP contribution in [0.15, 0.2) is 24.3 Å². The van der Waals surface area contributed by atoms with Crippen LogP contribution in [-0.4, -0.2) is 56.3 Å². The normalized spacial score (nSPS) is 18.6. The molecule has 1 aliphatic rings. The molecule has 1 N–H and O–H groups in total. The summed E-state index contributed by atoms with van der Waals surface area (Å²) in [6.07, 6.45) is 0.190. The molecule has 0 bridgehead atoms. The van der Waals surface area contributed by atoms with Crippen molar-refractivity contribution in [1.29, 1.82) is 0 Å². The van der Waals surface area contributed by atoms with Crippen molar-refractivity contribution >= 4 is 5.91 Å². The summed E-state index contributed by atoms with van der Waals surface area (Å²) in [6, 6.07) is 6.09. The van der Waals surface area contributed by atoms with Gasteiger partial charge in [0.05, 0.1) is 19.1 Å².